The second kappa shape index (κ2) is 6.35. The average Bonchev–Trinajstić information content (AvgIpc) is 2.76. The van der Waals surface area contributed by atoms with Crippen molar-refractivity contribution >= 4 is 46.3 Å². The van der Waals surface area contributed by atoms with E-state index in [4.69, 9.17) is 27.9 Å². The molecule has 0 bridgehead atoms. The van der Waals surface area contributed by atoms with E-state index in [2.05, 4.69) is 0 Å². The number of rotatable bonds is 2. The third kappa shape index (κ3) is 2.90. The van der Waals surface area contributed by atoms with Gasteiger partial charge in [-0.3, -0.25) is 0 Å². The lowest BCUT2D eigenvalue weighted by atomic mass is 9.88. The van der Waals surface area contributed by atoms with Crippen molar-refractivity contribution in [2.75, 3.05) is 7.11 Å². The maximum Gasteiger partial charge on any atom is 0.119 e. The molecule has 1 unspecified atom stereocenters. The van der Waals surface area contributed by atoms with Gasteiger partial charge in [-0.2, -0.15) is 0 Å². The van der Waals surface area contributed by atoms with Crippen molar-refractivity contribution in [1.29, 1.82) is 0 Å². The highest BCUT2D eigenvalue weighted by Gasteiger charge is 2.40. The van der Waals surface area contributed by atoms with Crippen molar-refractivity contribution in [2.45, 2.75) is 18.4 Å². The Morgan fingerprint density at radius 2 is 1.86 bits per heavy atom. The summed E-state index contributed by atoms with van der Waals surface area (Å²) in [7, 11) is 1.62. The predicted octanol–water partition coefficient (Wildman–Crippen LogP) is 3.80. The molecular weight excluding hydrogens is 319 g/mol. The van der Waals surface area contributed by atoms with E-state index in [1.54, 1.807) is 25.3 Å². The lowest BCUT2D eigenvalue weighted by Gasteiger charge is -2.26. The van der Waals surface area contributed by atoms with Gasteiger partial charge >= 0.3 is 0 Å². The highest BCUT2D eigenvalue weighted by Crippen LogP contribution is 2.45. The Morgan fingerprint density at radius 1 is 1.10 bits per heavy atom. The number of hydrogen-bond donors (Lipinski definition) is 1. The van der Waals surface area contributed by atoms with Crippen LogP contribution in [0.25, 0.3) is 0 Å². The highest BCUT2D eigenvalue weighted by atomic mass is 35.5. The summed E-state index contributed by atoms with van der Waals surface area (Å²) in [5, 5.41) is 12.2. The molecule has 5 heteroatoms. The van der Waals surface area contributed by atoms with Gasteiger partial charge in [0, 0.05) is 38.7 Å². The molecule has 0 spiro atoms. The number of ether oxygens (including phenoxy) is 1. The predicted molar refractivity (Wildman–Crippen MR) is 86.5 cm³/mol. The Labute approximate surface area is 150 Å². The molecule has 0 aromatic heterocycles. The van der Waals surface area contributed by atoms with E-state index in [0.717, 1.165) is 23.3 Å². The zero-order valence-corrected chi connectivity index (χ0v) is 14.6. The topological polar surface area (TPSA) is 29.5 Å². The molecule has 0 amide bonds. The molecule has 1 atom stereocenters. The third-order valence-electron chi connectivity index (χ3n) is 3.90. The fourth-order valence-electron chi connectivity index (χ4n) is 2.84. The molecule has 0 fully saturated rings. The van der Waals surface area contributed by atoms with E-state index in [-0.39, 0.29) is 23.1 Å². The largest absolute Gasteiger partial charge is 0.497 e. The van der Waals surface area contributed by atoms with Crippen molar-refractivity contribution in [1.82, 2.24) is 0 Å². The van der Waals surface area contributed by atoms with Crippen LogP contribution < -0.4 is 4.74 Å². The van der Waals surface area contributed by atoms with E-state index >= 15 is 0 Å². The van der Waals surface area contributed by atoms with Crippen molar-refractivity contribution in [2.24, 2.45) is 0 Å². The number of aliphatic hydroxyl groups is 1. The molecule has 1 aliphatic carbocycles. The van der Waals surface area contributed by atoms with Gasteiger partial charge in [0.15, 0.2) is 0 Å². The normalized spacial score (nSPS) is 19.8. The number of fused-ring (bicyclic) bond motifs is 1. The molecular formula is C16H14Cl2MgO2. The molecule has 3 rings (SSSR count). The van der Waals surface area contributed by atoms with Gasteiger partial charge in [0.05, 0.1) is 7.11 Å². The van der Waals surface area contributed by atoms with Gasteiger partial charge < -0.3 is 9.84 Å². The first kappa shape index (κ1) is 16.9. The van der Waals surface area contributed by atoms with E-state index in [0.29, 0.717) is 22.0 Å². The van der Waals surface area contributed by atoms with Gasteiger partial charge in [-0.15, -0.1) is 0 Å². The van der Waals surface area contributed by atoms with Crippen LogP contribution in [0.5, 0.6) is 5.75 Å². The van der Waals surface area contributed by atoms with Crippen LogP contribution in [-0.2, 0) is 12.0 Å². The van der Waals surface area contributed by atoms with Gasteiger partial charge in [-0.05, 0) is 48.2 Å². The number of halogens is 2. The minimum Gasteiger partial charge on any atom is -0.497 e. The molecule has 1 N–H and O–H groups in total. The first-order chi connectivity index (χ1) is 9.54. The second-order valence-electron chi connectivity index (χ2n) is 5.01. The molecule has 2 nitrogen and oxygen atoms in total. The number of benzene rings is 2. The number of methoxy groups -OCH3 is 1. The van der Waals surface area contributed by atoms with Crippen molar-refractivity contribution < 1.29 is 9.84 Å². The van der Waals surface area contributed by atoms with Crippen LogP contribution in [0.4, 0.5) is 0 Å². The van der Waals surface area contributed by atoms with Crippen LogP contribution in [0.1, 0.15) is 23.1 Å². The second-order valence-corrected chi connectivity index (χ2v) is 5.85. The van der Waals surface area contributed by atoms with Gasteiger partial charge in [0.2, 0.25) is 0 Å². The molecule has 0 saturated carbocycles. The molecule has 0 aliphatic heterocycles. The summed E-state index contributed by atoms with van der Waals surface area (Å²) >= 11 is 12.2. The van der Waals surface area contributed by atoms with E-state index in [1.807, 2.05) is 18.2 Å². The Balaban J connectivity index is 0.00000161. The van der Waals surface area contributed by atoms with Crippen molar-refractivity contribution in [3.8, 4) is 5.75 Å². The maximum atomic E-state index is 11.1. The van der Waals surface area contributed by atoms with Crippen LogP contribution >= 0.6 is 23.2 Å². The summed E-state index contributed by atoms with van der Waals surface area (Å²) in [6.45, 7) is 0. The molecule has 2 aromatic rings. The number of aryl methyl sites for hydroxylation is 1. The van der Waals surface area contributed by atoms with Gasteiger partial charge in [0.1, 0.15) is 11.4 Å². The molecule has 21 heavy (non-hydrogen) atoms. The Bertz CT molecular complexity index is 675. The van der Waals surface area contributed by atoms with Crippen LogP contribution in [0.15, 0.2) is 36.4 Å². The lowest BCUT2D eigenvalue weighted by molar-refractivity contribution is 0.0828. The van der Waals surface area contributed by atoms with Gasteiger partial charge in [-0.25, -0.2) is 0 Å². The maximum absolute atomic E-state index is 11.1. The molecule has 106 valence electrons. The standard InChI is InChI=1S/C16H14Cl2O2.Mg/c1-20-12-4-2-10-6-7-16(19,14(10)9-12)13-5-3-11(17)8-15(13)18;/h2-5,8-9,19H,6-7H2,1H3;. The van der Waals surface area contributed by atoms with Gasteiger partial charge in [0.25, 0.3) is 0 Å². The molecule has 2 aromatic carbocycles. The first-order valence-corrected chi connectivity index (χ1v) is 7.15. The smallest absolute Gasteiger partial charge is 0.119 e. The molecule has 0 saturated heterocycles. The van der Waals surface area contributed by atoms with Crippen LogP contribution in [0.3, 0.4) is 0 Å². The summed E-state index contributed by atoms with van der Waals surface area (Å²) in [5.41, 5.74) is 1.60. The molecule has 2 radical (unpaired) electrons. The summed E-state index contributed by atoms with van der Waals surface area (Å²) in [6, 6.07) is 11.0. The lowest BCUT2D eigenvalue weighted by Crippen LogP contribution is -2.24. The molecule has 1 aliphatic rings. The Morgan fingerprint density at radius 3 is 2.52 bits per heavy atom. The summed E-state index contributed by atoms with van der Waals surface area (Å²) in [6.07, 6.45) is 1.42. The monoisotopic (exact) mass is 332 g/mol. The summed E-state index contributed by atoms with van der Waals surface area (Å²) < 4.78 is 5.25. The SMILES string of the molecule is COc1ccc2c(c1)C(O)(c1ccc(Cl)cc1Cl)CC2.[Mg]. The quantitative estimate of drug-likeness (QED) is 0.847. The van der Waals surface area contributed by atoms with Crippen LogP contribution in [0.2, 0.25) is 10.0 Å². The van der Waals surface area contributed by atoms with E-state index < -0.39 is 5.60 Å². The highest BCUT2D eigenvalue weighted by molar-refractivity contribution is 6.35. The number of hydrogen-bond acceptors (Lipinski definition) is 2. The van der Waals surface area contributed by atoms with Gasteiger partial charge in [-0.1, -0.05) is 35.3 Å². The Hall–Kier alpha value is -0.454. The van der Waals surface area contributed by atoms with Crippen molar-refractivity contribution in [3.05, 3.63) is 63.1 Å². The van der Waals surface area contributed by atoms with E-state index in [9.17, 15) is 5.11 Å². The minimum atomic E-state index is -1.08. The molecule has 0 heterocycles. The average molecular weight is 333 g/mol. The summed E-state index contributed by atoms with van der Waals surface area (Å²) in [5.74, 6) is 0.731. The van der Waals surface area contributed by atoms with Crippen molar-refractivity contribution in [3.63, 3.8) is 0 Å². The zero-order chi connectivity index (χ0) is 14.3. The fraction of sp³-hybridized carbons (Fsp3) is 0.250. The van der Waals surface area contributed by atoms with Crippen LogP contribution in [-0.4, -0.2) is 35.3 Å². The summed E-state index contributed by atoms with van der Waals surface area (Å²) in [4.78, 5) is 0. The van der Waals surface area contributed by atoms with E-state index in [1.165, 1.54) is 0 Å². The van der Waals surface area contributed by atoms with Crippen LogP contribution in [0, 0.1) is 0 Å². The minimum absolute atomic E-state index is 0. The Kier molecular flexibility index (Phi) is 5.11. The zero-order valence-electron chi connectivity index (χ0n) is 11.7. The third-order valence-corrected chi connectivity index (χ3v) is 4.44. The first-order valence-electron chi connectivity index (χ1n) is 6.40. The fourth-order valence-corrected chi connectivity index (χ4v) is 3.41.